The summed E-state index contributed by atoms with van der Waals surface area (Å²) in [4.78, 5) is 41.7. The number of aryl methyl sites for hydroxylation is 1. The first-order valence-corrected chi connectivity index (χ1v) is 13.0. The third-order valence-electron chi connectivity index (χ3n) is 6.27. The highest BCUT2D eigenvalue weighted by atomic mass is 79.9. The van der Waals surface area contributed by atoms with Crippen molar-refractivity contribution in [2.45, 2.75) is 40.2 Å². The lowest BCUT2D eigenvalue weighted by atomic mass is 9.87. The topological polar surface area (TPSA) is 69.7 Å². The number of rotatable bonds is 5. The predicted molar refractivity (Wildman–Crippen MR) is 147 cm³/mol. The fraction of sp³-hybridized carbons (Fsp3) is 0.296. The Morgan fingerprint density at radius 1 is 1.14 bits per heavy atom. The molecule has 2 heterocycles. The molecule has 0 atom stereocenters. The number of imide groups is 1. The molecule has 0 bridgehead atoms. The summed E-state index contributed by atoms with van der Waals surface area (Å²) in [6, 6.07) is 11.3. The van der Waals surface area contributed by atoms with Crippen LogP contribution in [0.2, 0.25) is 0 Å². The minimum Gasteiger partial charge on any atom is -0.363 e. The number of hydrogen-bond acceptors (Lipinski definition) is 5. The fourth-order valence-electron chi connectivity index (χ4n) is 4.63. The van der Waals surface area contributed by atoms with Gasteiger partial charge in [0.15, 0.2) is 0 Å². The maximum Gasteiger partial charge on any atom is 0.294 e. The highest BCUT2D eigenvalue weighted by molar-refractivity contribution is 9.10. The maximum absolute atomic E-state index is 13.0. The molecule has 0 radical (unpaired) electrons. The van der Waals surface area contributed by atoms with Crippen LogP contribution in [0.25, 0.3) is 11.6 Å². The second-order valence-corrected chi connectivity index (χ2v) is 11.2. The van der Waals surface area contributed by atoms with Gasteiger partial charge in [0.25, 0.3) is 11.1 Å². The van der Waals surface area contributed by atoms with Crippen molar-refractivity contribution < 1.29 is 14.4 Å². The van der Waals surface area contributed by atoms with Crippen LogP contribution in [0.1, 0.15) is 44.4 Å². The molecule has 3 amide bonds. The van der Waals surface area contributed by atoms with Crippen LogP contribution in [-0.2, 0) is 9.59 Å². The van der Waals surface area contributed by atoms with Crippen LogP contribution in [0.15, 0.2) is 51.9 Å². The first-order valence-electron chi connectivity index (χ1n) is 11.4. The van der Waals surface area contributed by atoms with Gasteiger partial charge < -0.3 is 10.2 Å². The average Bonchev–Trinajstić information content (AvgIpc) is 3.03. The zero-order valence-corrected chi connectivity index (χ0v) is 22.8. The quantitative estimate of drug-likeness (QED) is 0.430. The zero-order chi connectivity index (χ0) is 25.5. The molecule has 4 rings (SSSR count). The number of benzene rings is 2. The van der Waals surface area contributed by atoms with Gasteiger partial charge in [-0.05, 0) is 106 Å². The van der Waals surface area contributed by atoms with Gasteiger partial charge in [-0.3, -0.25) is 19.3 Å². The lowest BCUT2D eigenvalue weighted by molar-refractivity contribution is -0.127. The predicted octanol–water partition coefficient (Wildman–Crippen LogP) is 6.45. The summed E-state index contributed by atoms with van der Waals surface area (Å²) in [5.41, 5.74) is 5.89. The first-order chi connectivity index (χ1) is 16.5. The van der Waals surface area contributed by atoms with Gasteiger partial charge in [-0.25, -0.2) is 0 Å². The van der Waals surface area contributed by atoms with Gasteiger partial charge in [-0.1, -0.05) is 22.0 Å². The van der Waals surface area contributed by atoms with Crippen molar-refractivity contribution in [2.24, 2.45) is 0 Å². The van der Waals surface area contributed by atoms with Crippen LogP contribution in [0.4, 0.5) is 16.2 Å². The molecule has 182 valence electrons. The van der Waals surface area contributed by atoms with Gasteiger partial charge in [-0.15, -0.1) is 0 Å². The highest BCUT2D eigenvalue weighted by Crippen LogP contribution is 2.41. The Kier molecular flexibility index (Phi) is 6.97. The Morgan fingerprint density at radius 2 is 1.83 bits per heavy atom. The number of carbonyl (C=O) groups excluding carboxylic acids is 3. The van der Waals surface area contributed by atoms with E-state index in [0.717, 1.165) is 44.4 Å². The molecule has 8 heteroatoms. The Balaban J connectivity index is 1.56. The summed E-state index contributed by atoms with van der Waals surface area (Å²) in [5.74, 6) is -0.879. The van der Waals surface area contributed by atoms with E-state index < -0.39 is 17.1 Å². The minimum absolute atomic E-state index is 0.0841. The summed E-state index contributed by atoms with van der Waals surface area (Å²) < 4.78 is 0.890. The molecule has 1 fully saturated rings. The zero-order valence-electron chi connectivity index (χ0n) is 20.4. The molecule has 0 unspecified atom stereocenters. The summed E-state index contributed by atoms with van der Waals surface area (Å²) in [7, 11) is 0. The number of nitrogens with zero attached hydrogens (tertiary/aromatic N) is 2. The third-order valence-corrected chi connectivity index (χ3v) is 7.71. The molecule has 2 aliphatic rings. The average molecular weight is 555 g/mol. The van der Waals surface area contributed by atoms with Gasteiger partial charge in [0.1, 0.15) is 6.54 Å². The molecule has 0 aliphatic carbocycles. The molecule has 2 aromatic carbocycles. The summed E-state index contributed by atoms with van der Waals surface area (Å²) >= 11 is 4.21. The van der Waals surface area contributed by atoms with Gasteiger partial charge in [0.05, 0.1) is 10.4 Å². The molecule has 2 aliphatic heterocycles. The van der Waals surface area contributed by atoms with Gasteiger partial charge in [0.2, 0.25) is 5.91 Å². The van der Waals surface area contributed by atoms with Crippen molar-refractivity contribution in [3.05, 3.63) is 68.5 Å². The Labute approximate surface area is 218 Å². The molecule has 2 aromatic rings. The number of thioether (sulfide) groups is 1. The van der Waals surface area contributed by atoms with Crippen molar-refractivity contribution in [2.75, 3.05) is 23.3 Å². The lowest BCUT2D eigenvalue weighted by Gasteiger charge is -2.43. The second kappa shape index (κ2) is 9.66. The lowest BCUT2D eigenvalue weighted by Crippen LogP contribution is -2.44. The number of anilines is 2. The number of likely N-dealkylation sites (N-methyl/N-ethyl adjacent to an activating group) is 1. The third kappa shape index (κ3) is 5.09. The Bertz CT molecular complexity index is 1280. The molecule has 35 heavy (non-hydrogen) atoms. The van der Waals surface area contributed by atoms with Gasteiger partial charge >= 0.3 is 0 Å². The van der Waals surface area contributed by atoms with E-state index in [4.69, 9.17) is 0 Å². The molecule has 0 saturated carbocycles. The van der Waals surface area contributed by atoms with E-state index in [2.05, 4.69) is 72.1 Å². The molecule has 0 spiro atoms. The van der Waals surface area contributed by atoms with Crippen LogP contribution in [-0.4, -0.2) is 40.6 Å². The van der Waals surface area contributed by atoms with E-state index in [0.29, 0.717) is 10.6 Å². The van der Waals surface area contributed by atoms with E-state index in [1.807, 2.05) is 6.92 Å². The fourth-order valence-corrected chi connectivity index (χ4v) is 5.73. The summed E-state index contributed by atoms with van der Waals surface area (Å²) in [5, 5.41) is 2.27. The molecule has 0 aromatic heterocycles. The molecular formula is C27H28BrN3O3S. The van der Waals surface area contributed by atoms with Gasteiger partial charge in [0, 0.05) is 28.0 Å². The Morgan fingerprint density at radius 3 is 2.49 bits per heavy atom. The number of fused-ring (bicyclic) bond motifs is 1. The normalized spacial score (nSPS) is 18.1. The summed E-state index contributed by atoms with van der Waals surface area (Å²) in [6.45, 7) is 11.2. The smallest absolute Gasteiger partial charge is 0.294 e. The number of nitrogens with one attached hydrogen (secondary N) is 1. The van der Waals surface area contributed by atoms with Crippen LogP contribution < -0.4 is 10.2 Å². The number of halogens is 1. The standard InChI is InChI=1S/C27H28BrN3O3S/c1-6-31-22-11-16(2)18(12-21(22)17(3)14-27(31,4)5)13-23-25(33)30(26(34)35-23)15-24(32)29-20-9-7-19(28)8-10-20/h7-14H,6,15H2,1-5H3,(H,29,32)/b23-13-. The molecule has 6 nitrogen and oxygen atoms in total. The van der Waals surface area contributed by atoms with E-state index >= 15 is 0 Å². The van der Waals surface area contributed by atoms with E-state index in [-0.39, 0.29) is 12.1 Å². The van der Waals surface area contributed by atoms with Gasteiger partial charge in [-0.2, -0.15) is 0 Å². The molecule has 1 N–H and O–H groups in total. The number of carbonyl (C=O) groups is 3. The van der Waals surface area contributed by atoms with Crippen LogP contribution in [0, 0.1) is 6.92 Å². The van der Waals surface area contributed by atoms with E-state index in [1.165, 1.54) is 11.3 Å². The monoisotopic (exact) mass is 553 g/mol. The van der Waals surface area contributed by atoms with Crippen molar-refractivity contribution in [3.8, 4) is 0 Å². The van der Waals surface area contributed by atoms with Crippen molar-refractivity contribution in [3.63, 3.8) is 0 Å². The minimum atomic E-state index is -0.452. The largest absolute Gasteiger partial charge is 0.363 e. The van der Waals surface area contributed by atoms with Crippen LogP contribution in [0.3, 0.4) is 0 Å². The van der Waals surface area contributed by atoms with Crippen molar-refractivity contribution in [1.29, 1.82) is 0 Å². The number of allylic oxidation sites excluding steroid dienone is 1. The highest BCUT2D eigenvalue weighted by Gasteiger charge is 2.37. The first kappa shape index (κ1) is 25.3. The van der Waals surface area contributed by atoms with Crippen molar-refractivity contribution >= 4 is 67.8 Å². The van der Waals surface area contributed by atoms with E-state index in [9.17, 15) is 14.4 Å². The second-order valence-electron chi connectivity index (χ2n) is 9.27. The Hall–Kier alpha value is -2.84. The number of amides is 3. The summed E-state index contributed by atoms with van der Waals surface area (Å²) in [6.07, 6.45) is 4.02. The van der Waals surface area contributed by atoms with Crippen LogP contribution in [0.5, 0.6) is 0 Å². The van der Waals surface area contributed by atoms with Crippen molar-refractivity contribution in [1.82, 2.24) is 4.90 Å². The van der Waals surface area contributed by atoms with E-state index in [1.54, 1.807) is 30.3 Å². The number of hydrogen-bond donors (Lipinski definition) is 1. The van der Waals surface area contributed by atoms with Crippen LogP contribution >= 0.6 is 27.7 Å². The maximum atomic E-state index is 13.0. The molecule has 1 saturated heterocycles. The molecular weight excluding hydrogens is 526 g/mol. The SMILES string of the molecule is CCN1c2cc(C)c(/C=C3\SC(=O)N(CC(=O)Nc4ccc(Br)cc4)C3=O)cc2C(C)=CC1(C)C.